The Morgan fingerprint density at radius 1 is 1.00 bits per heavy atom. The molecule has 1 N–H and O–H groups in total. The second-order valence-corrected chi connectivity index (χ2v) is 9.58. The monoisotopic (exact) mass is 496 g/mol. The van der Waals surface area contributed by atoms with E-state index in [0.29, 0.717) is 32.6 Å². The number of aliphatic hydroxyl groups excluding tert-OH is 1. The molecule has 1 aromatic heterocycles. The number of hydrogen-bond donors (Lipinski definition) is 1. The first-order valence-corrected chi connectivity index (χ1v) is 12.3. The number of ether oxygens (including phenoxy) is 1. The number of aryl methyl sites for hydroxylation is 2. The van der Waals surface area contributed by atoms with Crippen LogP contribution in [0.25, 0.3) is 10.6 Å². The molecule has 1 amide bonds. The van der Waals surface area contributed by atoms with E-state index in [1.807, 2.05) is 67.6 Å². The summed E-state index contributed by atoms with van der Waals surface area (Å²) >= 11 is 1.25. The van der Waals surface area contributed by atoms with Crippen LogP contribution in [0.5, 0.6) is 5.75 Å². The fourth-order valence-corrected chi connectivity index (χ4v) is 5.40. The number of thiazole rings is 1. The van der Waals surface area contributed by atoms with Gasteiger partial charge < -0.3 is 9.84 Å². The molecular formula is C29H24N2O4S. The third kappa shape index (κ3) is 4.07. The molecule has 0 spiro atoms. The summed E-state index contributed by atoms with van der Waals surface area (Å²) in [7, 11) is 1.56. The van der Waals surface area contributed by atoms with Crippen molar-refractivity contribution in [2.75, 3.05) is 12.0 Å². The first-order valence-electron chi connectivity index (χ1n) is 11.4. The zero-order valence-corrected chi connectivity index (χ0v) is 20.9. The van der Waals surface area contributed by atoms with Crippen LogP contribution in [-0.4, -0.2) is 28.9 Å². The van der Waals surface area contributed by atoms with Gasteiger partial charge in [-0.05, 0) is 43.7 Å². The van der Waals surface area contributed by atoms with Crippen molar-refractivity contribution < 1.29 is 19.4 Å². The molecule has 1 aliphatic heterocycles. The summed E-state index contributed by atoms with van der Waals surface area (Å²) < 4.78 is 5.40. The van der Waals surface area contributed by atoms with Gasteiger partial charge >= 0.3 is 0 Å². The topological polar surface area (TPSA) is 79.7 Å². The van der Waals surface area contributed by atoms with Crippen molar-refractivity contribution in [3.05, 3.63) is 112 Å². The molecule has 0 fully saturated rings. The molecule has 36 heavy (non-hydrogen) atoms. The van der Waals surface area contributed by atoms with Gasteiger partial charge in [0.05, 0.1) is 29.3 Å². The molecule has 0 bridgehead atoms. The Balaban J connectivity index is 1.64. The SMILES string of the molecule is COc1cccc(C2C(C(=O)c3sc(-c4ccccc4)nc3C)=C(O)C(=O)N2c2ccc(C)cc2)c1. The van der Waals surface area contributed by atoms with E-state index in [2.05, 4.69) is 4.98 Å². The standard InChI is InChI=1S/C29H24N2O4S/c1-17-12-14-21(15-13-17)31-24(20-10-7-11-22(16-20)35-3)23(26(33)29(31)34)25(32)27-18(2)30-28(36-27)19-8-5-4-6-9-19/h4-16,24,33H,1-3H3. The Kier molecular flexibility index (Phi) is 6.16. The van der Waals surface area contributed by atoms with Crippen LogP contribution in [-0.2, 0) is 4.79 Å². The van der Waals surface area contributed by atoms with Crippen LogP contribution in [0.1, 0.15) is 32.5 Å². The Hall–Kier alpha value is -4.23. The van der Waals surface area contributed by atoms with Gasteiger partial charge in [0.1, 0.15) is 10.8 Å². The summed E-state index contributed by atoms with van der Waals surface area (Å²) in [6.45, 7) is 3.72. The number of anilines is 1. The molecule has 0 saturated heterocycles. The van der Waals surface area contributed by atoms with Crippen molar-refractivity contribution >= 4 is 28.7 Å². The molecule has 1 unspecified atom stereocenters. The summed E-state index contributed by atoms with van der Waals surface area (Å²) in [5, 5.41) is 11.8. The number of rotatable bonds is 6. The van der Waals surface area contributed by atoms with Gasteiger partial charge in [-0.3, -0.25) is 14.5 Å². The Morgan fingerprint density at radius 3 is 2.42 bits per heavy atom. The number of benzene rings is 3. The highest BCUT2D eigenvalue weighted by Gasteiger charge is 2.45. The number of aromatic nitrogens is 1. The minimum Gasteiger partial charge on any atom is -0.503 e. The minimum absolute atomic E-state index is 0.0280. The Labute approximate surface area is 213 Å². The van der Waals surface area contributed by atoms with Gasteiger partial charge in [-0.15, -0.1) is 11.3 Å². The van der Waals surface area contributed by atoms with Crippen LogP contribution in [0.2, 0.25) is 0 Å². The van der Waals surface area contributed by atoms with E-state index in [1.54, 1.807) is 32.2 Å². The number of amides is 1. The summed E-state index contributed by atoms with van der Waals surface area (Å²) in [6, 6.07) is 23.4. The highest BCUT2D eigenvalue weighted by molar-refractivity contribution is 7.17. The highest BCUT2D eigenvalue weighted by atomic mass is 32.1. The van der Waals surface area contributed by atoms with E-state index in [-0.39, 0.29) is 5.57 Å². The van der Waals surface area contributed by atoms with Gasteiger partial charge in [0.25, 0.3) is 5.91 Å². The number of ketones is 1. The maximum Gasteiger partial charge on any atom is 0.294 e. The number of methoxy groups -OCH3 is 1. The summed E-state index contributed by atoms with van der Waals surface area (Å²) in [4.78, 5) is 33.8. The smallest absolute Gasteiger partial charge is 0.294 e. The molecule has 7 heteroatoms. The molecule has 1 atom stereocenters. The van der Waals surface area contributed by atoms with Crippen molar-refractivity contribution in [1.29, 1.82) is 0 Å². The van der Waals surface area contributed by atoms with E-state index >= 15 is 0 Å². The van der Waals surface area contributed by atoms with E-state index in [4.69, 9.17) is 4.74 Å². The molecule has 2 heterocycles. The zero-order valence-electron chi connectivity index (χ0n) is 20.1. The largest absolute Gasteiger partial charge is 0.503 e. The fourth-order valence-electron chi connectivity index (χ4n) is 4.37. The third-order valence-corrected chi connectivity index (χ3v) is 7.40. The molecule has 0 aliphatic carbocycles. The Bertz CT molecular complexity index is 1490. The van der Waals surface area contributed by atoms with Crippen molar-refractivity contribution in [3.63, 3.8) is 0 Å². The van der Waals surface area contributed by atoms with Crippen molar-refractivity contribution in [2.24, 2.45) is 0 Å². The molecule has 6 nitrogen and oxygen atoms in total. The lowest BCUT2D eigenvalue weighted by Crippen LogP contribution is -2.31. The van der Waals surface area contributed by atoms with Gasteiger partial charge in [0.2, 0.25) is 5.78 Å². The first-order chi connectivity index (χ1) is 17.4. The van der Waals surface area contributed by atoms with E-state index in [0.717, 1.165) is 11.1 Å². The average Bonchev–Trinajstić information content (AvgIpc) is 3.42. The summed E-state index contributed by atoms with van der Waals surface area (Å²) in [5.74, 6) is -1.01. The molecule has 4 aromatic rings. The van der Waals surface area contributed by atoms with Crippen LogP contribution in [0.4, 0.5) is 5.69 Å². The zero-order chi connectivity index (χ0) is 25.4. The first kappa shape index (κ1) is 23.5. The van der Waals surface area contributed by atoms with Crippen molar-refractivity contribution in [3.8, 4) is 16.3 Å². The second-order valence-electron chi connectivity index (χ2n) is 8.58. The fraction of sp³-hybridized carbons (Fsp3) is 0.138. The molecule has 3 aromatic carbocycles. The van der Waals surface area contributed by atoms with Crippen molar-refractivity contribution in [1.82, 2.24) is 4.98 Å². The third-order valence-electron chi connectivity index (χ3n) is 6.20. The number of nitrogens with zero attached hydrogens (tertiary/aromatic N) is 2. The molecule has 180 valence electrons. The maximum atomic E-state index is 14.0. The van der Waals surface area contributed by atoms with Crippen LogP contribution < -0.4 is 9.64 Å². The van der Waals surface area contributed by atoms with E-state index in [1.165, 1.54) is 16.2 Å². The molecule has 0 radical (unpaired) electrons. The Morgan fingerprint density at radius 2 is 1.72 bits per heavy atom. The molecule has 1 aliphatic rings. The lowest BCUT2D eigenvalue weighted by atomic mass is 9.94. The molecule has 0 saturated carbocycles. The number of hydrogen-bond acceptors (Lipinski definition) is 6. The molecular weight excluding hydrogens is 472 g/mol. The number of carbonyl (C=O) groups excluding carboxylic acids is 2. The maximum absolute atomic E-state index is 14.0. The normalized spacial score (nSPS) is 15.5. The predicted molar refractivity (Wildman–Crippen MR) is 141 cm³/mol. The average molecular weight is 497 g/mol. The summed E-state index contributed by atoms with van der Waals surface area (Å²) in [6.07, 6.45) is 0. The lowest BCUT2D eigenvalue weighted by molar-refractivity contribution is -0.117. The van der Waals surface area contributed by atoms with Gasteiger partial charge in [0.15, 0.2) is 5.76 Å². The summed E-state index contributed by atoms with van der Waals surface area (Å²) in [5.41, 5.74) is 3.75. The van der Waals surface area contributed by atoms with Crippen molar-refractivity contribution in [2.45, 2.75) is 19.9 Å². The van der Waals surface area contributed by atoms with Crippen LogP contribution in [0.3, 0.4) is 0 Å². The quantitative estimate of drug-likeness (QED) is 0.321. The van der Waals surface area contributed by atoms with Gasteiger partial charge in [-0.2, -0.15) is 0 Å². The lowest BCUT2D eigenvalue weighted by Gasteiger charge is -2.27. The number of Topliss-reactive ketones (excluding diaryl/α,β-unsaturated/α-hetero) is 1. The van der Waals surface area contributed by atoms with Gasteiger partial charge in [-0.25, -0.2) is 4.98 Å². The van der Waals surface area contributed by atoms with E-state index in [9.17, 15) is 14.7 Å². The van der Waals surface area contributed by atoms with Crippen LogP contribution >= 0.6 is 11.3 Å². The number of aliphatic hydroxyl groups is 1. The molecule has 5 rings (SSSR count). The van der Waals surface area contributed by atoms with Crippen LogP contribution in [0.15, 0.2) is 90.2 Å². The van der Waals surface area contributed by atoms with E-state index < -0.39 is 23.5 Å². The highest BCUT2D eigenvalue weighted by Crippen LogP contribution is 2.44. The number of carbonyl (C=O) groups is 2. The van der Waals surface area contributed by atoms with Gasteiger partial charge in [-0.1, -0.05) is 60.2 Å². The van der Waals surface area contributed by atoms with Gasteiger partial charge in [0, 0.05) is 11.3 Å². The predicted octanol–water partition coefficient (Wildman–Crippen LogP) is 6.22. The minimum atomic E-state index is -0.829. The second kappa shape index (κ2) is 9.43. The van der Waals surface area contributed by atoms with Crippen LogP contribution in [0, 0.1) is 13.8 Å².